The molecule has 72 heavy (non-hydrogen) atoms. The minimum absolute atomic E-state index is 0.255. The van der Waals surface area contributed by atoms with E-state index in [9.17, 15) is 40.5 Å². The molecule has 0 saturated carbocycles. The van der Waals surface area contributed by atoms with Gasteiger partial charge in [0, 0.05) is 0 Å². The average molecular weight is 1020 g/mol. The number of nitrogens with one attached hydrogen (secondary N) is 1. The number of carbonyl (C=O) groups is 1. The third-order valence-electron chi connectivity index (χ3n) is 15.0. The molecule has 1 aliphatic rings. The molecule has 0 bridgehead atoms. The number of aliphatic hydroxyl groups is 7. The molecule has 0 aromatic heterocycles. The Kier molecular flexibility index (Phi) is 48.0. The molecule has 1 aliphatic heterocycles. The van der Waals surface area contributed by atoms with Gasteiger partial charge in [0.05, 0.1) is 25.4 Å². The summed E-state index contributed by atoms with van der Waals surface area (Å²) in [5.74, 6) is -0.703. The number of hydrogen-bond donors (Lipinski definition) is 8. The number of unbranched alkanes of at least 4 members (excludes halogenated alkanes) is 37. The lowest BCUT2D eigenvalue weighted by Crippen LogP contribution is -2.60. The van der Waals surface area contributed by atoms with Gasteiger partial charge < -0.3 is 50.5 Å². The Labute approximate surface area is 442 Å². The molecule has 0 aromatic rings. The van der Waals surface area contributed by atoms with Crippen LogP contribution in [0.4, 0.5) is 0 Å². The van der Waals surface area contributed by atoms with Crippen LogP contribution in [-0.4, -0.2) is 110 Å². The molecule has 9 atom stereocenters. The second kappa shape index (κ2) is 50.4. The van der Waals surface area contributed by atoms with Gasteiger partial charge in [0.1, 0.15) is 36.6 Å². The first-order valence-electron chi connectivity index (χ1n) is 30.7. The van der Waals surface area contributed by atoms with Gasteiger partial charge in [-0.1, -0.05) is 250 Å². The monoisotopic (exact) mass is 1020 g/mol. The smallest absolute Gasteiger partial charge is 0.249 e. The maximum Gasteiger partial charge on any atom is 0.249 e. The van der Waals surface area contributed by atoms with E-state index in [1.54, 1.807) is 0 Å². The van der Waals surface area contributed by atoms with E-state index in [4.69, 9.17) is 9.47 Å². The summed E-state index contributed by atoms with van der Waals surface area (Å²) in [5.41, 5.74) is 0. The Bertz CT molecular complexity index is 1220. The van der Waals surface area contributed by atoms with Crippen LogP contribution in [0.1, 0.15) is 290 Å². The maximum atomic E-state index is 13.2. The van der Waals surface area contributed by atoms with Crippen LogP contribution < -0.4 is 5.32 Å². The van der Waals surface area contributed by atoms with Crippen molar-refractivity contribution < 1.29 is 50.0 Å². The Morgan fingerprint density at radius 1 is 0.472 bits per heavy atom. The first-order valence-corrected chi connectivity index (χ1v) is 30.7. The third kappa shape index (κ3) is 38.2. The lowest BCUT2D eigenvalue weighted by atomic mass is 9.98. The van der Waals surface area contributed by atoms with E-state index in [1.807, 2.05) is 0 Å². The van der Waals surface area contributed by atoms with Crippen molar-refractivity contribution in [2.75, 3.05) is 13.2 Å². The number of amides is 1. The lowest BCUT2D eigenvalue weighted by Gasteiger charge is -2.40. The molecule has 1 rings (SSSR count). The van der Waals surface area contributed by atoms with E-state index < -0.39 is 74.2 Å². The van der Waals surface area contributed by atoms with Gasteiger partial charge in [-0.2, -0.15) is 0 Å². The highest BCUT2D eigenvalue weighted by molar-refractivity contribution is 5.80. The molecule has 0 spiro atoms. The minimum atomic E-state index is -1.67. The number of carbonyl (C=O) groups excluding carboxylic acids is 1. The van der Waals surface area contributed by atoms with Gasteiger partial charge in [0.25, 0.3) is 0 Å². The Hall–Kier alpha value is -1.41. The van der Waals surface area contributed by atoms with Crippen molar-refractivity contribution in [2.24, 2.45) is 0 Å². The first kappa shape index (κ1) is 68.6. The van der Waals surface area contributed by atoms with E-state index in [1.165, 1.54) is 212 Å². The molecule has 0 radical (unpaired) electrons. The molecular weight excluding hydrogens is 907 g/mol. The summed E-state index contributed by atoms with van der Waals surface area (Å²) in [6, 6.07) is -1.18. The Morgan fingerprint density at radius 3 is 1.19 bits per heavy atom. The third-order valence-corrected chi connectivity index (χ3v) is 15.0. The molecule has 9 unspecified atom stereocenters. The fourth-order valence-electron chi connectivity index (χ4n) is 9.97. The number of rotatable bonds is 53. The van der Waals surface area contributed by atoms with E-state index in [0.29, 0.717) is 12.8 Å². The molecule has 8 N–H and O–H groups in total. The van der Waals surface area contributed by atoms with Gasteiger partial charge >= 0.3 is 0 Å². The van der Waals surface area contributed by atoms with Crippen LogP contribution in [0.15, 0.2) is 24.3 Å². The number of hydrogen-bond acceptors (Lipinski definition) is 10. The summed E-state index contributed by atoms with van der Waals surface area (Å²) in [4.78, 5) is 13.2. The standard InChI is InChI=1S/C61H117NO10/c1-3-5-7-9-11-13-15-17-19-21-23-24-25-26-27-28-29-30-31-33-35-37-39-41-43-45-47-49-54(65)60(70)62-52(51-71-61-59(69)58(68)57(67)55(50-63)72-61)56(66)53(64)48-46-44-42-40-38-36-34-32-22-20-18-16-14-12-10-8-6-4-2/h26-27,40,42,52-59,61,63-69H,3-25,28-39,41,43-51H2,1-2H3,(H,62,70)/b27-26-,42-40+. The molecule has 0 aromatic carbocycles. The summed E-state index contributed by atoms with van der Waals surface area (Å²) in [6.45, 7) is 3.48. The molecule has 11 heteroatoms. The highest BCUT2D eigenvalue weighted by Crippen LogP contribution is 2.23. The molecule has 11 nitrogen and oxygen atoms in total. The van der Waals surface area contributed by atoms with Crippen LogP contribution in [0.2, 0.25) is 0 Å². The first-order chi connectivity index (χ1) is 35.2. The molecular formula is C61H117NO10. The largest absolute Gasteiger partial charge is 0.394 e. The highest BCUT2D eigenvalue weighted by Gasteiger charge is 2.44. The number of aliphatic hydroxyl groups excluding tert-OH is 7. The summed E-state index contributed by atoms with van der Waals surface area (Å²) in [5, 5.41) is 76.2. The van der Waals surface area contributed by atoms with E-state index in [0.717, 1.165) is 38.5 Å². The summed E-state index contributed by atoms with van der Waals surface area (Å²) >= 11 is 0. The maximum absolute atomic E-state index is 13.2. The second-order valence-electron chi connectivity index (χ2n) is 21.8. The Morgan fingerprint density at radius 2 is 0.819 bits per heavy atom. The van der Waals surface area contributed by atoms with Gasteiger partial charge in [-0.3, -0.25) is 4.79 Å². The van der Waals surface area contributed by atoms with E-state index in [-0.39, 0.29) is 12.8 Å². The molecule has 1 saturated heterocycles. The van der Waals surface area contributed by atoms with Gasteiger partial charge in [-0.05, 0) is 64.2 Å². The van der Waals surface area contributed by atoms with Crippen molar-refractivity contribution in [1.29, 1.82) is 0 Å². The van der Waals surface area contributed by atoms with Crippen LogP contribution >= 0.6 is 0 Å². The SMILES string of the molecule is CCCCCCCCCCCCCC/C=C\CCCCCCCCCCCCCC(O)C(=O)NC(COC1OC(CO)C(O)C(O)C1O)C(O)C(O)CCC/C=C/CCCCCCCCCCCCCCC. The molecule has 1 fully saturated rings. The highest BCUT2D eigenvalue weighted by atomic mass is 16.7. The van der Waals surface area contributed by atoms with Crippen LogP contribution in [0.5, 0.6) is 0 Å². The summed E-state index contributed by atoms with van der Waals surface area (Å²) in [7, 11) is 0. The van der Waals surface area contributed by atoms with Crippen molar-refractivity contribution >= 4 is 5.91 Å². The fourth-order valence-corrected chi connectivity index (χ4v) is 9.97. The zero-order valence-corrected chi connectivity index (χ0v) is 46.7. The van der Waals surface area contributed by atoms with Crippen molar-refractivity contribution in [1.82, 2.24) is 5.32 Å². The van der Waals surface area contributed by atoms with E-state index >= 15 is 0 Å². The van der Waals surface area contributed by atoms with Crippen molar-refractivity contribution in [2.45, 2.75) is 345 Å². The summed E-state index contributed by atoms with van der Waals surface area (Å²) in [6.07, 6.45) is 49.6. The zero-order valence-electron chi connectivity index (χ0n) is 46.7. The van der Waals surface area contributed by atoms with Crippen LogP contribution in [-0.2, 0) is 14.3 Å². The predicted molar refractivity (Wildman–Crippen MR) is 298 cm³/mol. The molecule has 0 aliphatic carbocycles. The van der Waals surface area contributed by atoms with Crippen LogP contribution in [0, 0.1) is 0 Å². The minimum Gasteiger partial charge on any atom is -0.394 e. The fraction of sp³-hybridized carbons (Fsp3) is 0.918. The zero-order chi connectivity index (χ0) is 52.5. The second-order valence-corrected chi connectivity index (χ2v) is 21.8. The number of ether oxygens (including phenoxy) is 2. The van der Waals surface area contributed by atoms with Crippen LogP contribution in [0.25, 0.3) is 0 Å². The van der Waals surface area contributed by atoms with Gasteiger partial charge in [0.15, 0.2) is 6.29 Å². The topological polar surface area (TPSA) is 189 Å². The van der Waals surface area contributed by atoms with Gasteiger partial charge in [0.2, 0.25) is 5.91 Å². The van der Waals surface area contributed by atoms with Crippen molar-refractivity contribution in [3.8, 4) is 0 Å². The number of allylic oxidation sites excluding steroid dienone is 4. The quantitative estimate of drug-likeness (QED) is 0.0215. The average Bonchev–Trinajstić information content (AvgIpc) is 3.38. The molecule has 1 amide bonds. The molecule has 426 valence electrons. The summed E-state index contributed by atoms with van der Waals surface area (Å²) < 4.78 is 11.1. The normalized spacial score (nSPS) is 20.2. The van der Waals surface area contributed by atoms with Gasteiger partial charge in [-0.25, -0.2) is 0 Å². The lowest BCUT2D eigenvalue weighted by molar-refractivity contribution is -0.303. The van der Waals surface area contributed by atoms with Crippen LogP contribution in [0.3, 0.4) is 0 Å². The Balaban J connectivity index is 2.27. The van der Waals surface area contributed by atoms with Gasteiger partial charge in [-0.15, -0.1) is 0 Å². The van der Waals surface area contributed by atoms with Crippen molar-refractivity contribution in [3.63, 3.8) is 0 Å². The van der Waals surface area contributed by atoms with Crippen molar-refractivity contribution in [3.05, 3.63) is 24.3 Å². The molecule has 1 heterocycles. The predicted octanol–water partition coefficient (Wildman–Crippen LogP) is 13.3. The van der Waals surface area contributed by atoms with E-state index in [2.05, 4.69) is 43.5 Å².